The first kappa shape index (κ1) is 16.2. The molecule has 0 spiro atoms. The van der Waals surface area contributed by atoms with Crippen LogP contribution in [0.3, 0.4) is 0 Å². The van der Waals surface area contributed by atoms with E-state index in [2.05, 4.69) is 15.3 Å². The second-order valence-corrected chi connectivity index (χ2v) is 5.60. The molecule has 0 bridgehead atoms. The van der Waals surface area contributed by atoms with Crippen LogP contribution in [0.4, 0.5) is 13.2 Å². The zero-order valence-corrected chi connectivity index (χ0v) is 12.5. The van der Waals surface area contributed by atoms with Crippen LogP contribution >= 0.6 is 0 Å². The normalized spacial score (nSPS) is 17.2. The summed E-state index contributed by atoms with van der Waals surface area (Å²) in [7, 11) is 0. The molecule has 2 heterocycles. The van der Waals surface area contributed by atoms with Gasteiger partial charge in [0.2, 0.25) is 5.56 Å². The molecule has 0 unspecified atom stereocenters. The molecule has 8 heteroatoms. The number of hydrogen-bond acceptors (Lipinski definition) is 3. The fourth-order valence-electron chi connectivity index (χ4n) is 2.79. The van der Waals surface area contributed by atoms with Gasteiger partial charge in [-0.05, 0) is 43.0 Å². The number of pyridine rings is 2. The minimum atomic E-state index is -4.54. The van der Waals surface area contributed by atoms with Gasteiger partial charge in [-0.25, -0.2) is 0 Å². The maximum Gasteiger partial charge on any atom is 0.433 e. The first-order valence-corrected chi connectivity index (χ1v) is 7.41. The average Bonchev–Trinajstić information content (AvgIpc) is 2.54. The molecule has 5 nitrogen and oxygen atoms in total. The summed E-state index contributed by atoms with van der Waals surface area (Å²) in [5, 5.41) is 2.79. The Balaban J connectivity index is 1.78. The molecule has 0 radical (unpaired) electrons. The molecule has 24 heavy (non-hydrogen) atoms. The van der Waals surface area contributed by atoms with Crippen LogP contribution in [0, 0.1) is 0 Å². The quantitative estimate of drug-likeness (QED) is 0.884. The molecule has 126 valence electrons. The van der Waals surface area contributed by atoms with Gasteiger partial charge in [-0.15, -0.1) is 0 Å². The highest BCUT2D eigenvalue weighted by Gasteiger charge is 2.32. The summed E-state index contributed by atoms with van der Waals surface area (Å²) in [6.45, 7) is 0. The number of nitrogens with zero attached hydrogens (tertiary/aromatic N) is 1. The number of rotatable bonds is 2. The van der Waals surface area contributed by atoms with Gasteiger partial charge in [0.25, 0.3) is 5.91 Å². The van der Waals surface area contributed by atoms with Gasteiger partial charge in [0.05, 0.1) is 11.6 Å². The third kappa shape index (κ3) is 3.32. The van der Waals surface area contributed by atoms with Crippen LogP contribution < -0.4 is 10.9 Å². The molecular formula is C16H14F3N3O2. The van der Waals surface area contributed by atoms with Gasteiger partial charge >= 0.3 is 6.18 Å². The smallest absolute Gasteiger partial charge is 0.345 e. The van der Waals surface area contributed by atoms with Gasteiger partial charge in [0, 0.05) is 18.0 Å². The number of nitrogens with one attached hydrogen (secondary N) is 2. The van der Waals surface area contributed by atoms with Crippen LogP contribution in [0.1, 0.15) is 46.2 Å². The molecule has 1 aliphatic rings. The summed E-state index contributed by atoms with van der Waals surface area (Å²) in [6.07, 6.45) is -1.42. The topological polar surface area (TPSA) is 74.8 Å². The standard InChI is InChI=1S/C16H14F3N3O2/c17-16(18,19)13-6-4-9(8-20-13)15(24)22-12-3-1-2-11-10(12)5-7-14(23)21-11/h4-8,12H,1-3H2,(H,21,23)(H,22,24)/t12-/m1/s1. The molecule has 1 amide bonds. The number of amides is 1. The predicted molar refractivity (Wildman–Crippen MR) is 79.4 cm³/mol. The molecule has 1 aliphatic carbocycles. The zero-order chi connectivity index (χ0) is 17.3. The fraction of sp³-hybridized carbons (Fsp3) is 0.312. The van der Waals surface area contributed by atoms with Crippen LogP contribution in [0.2, 0.25) is 0 Å². The zero-order valence-electron chi connectivity index (χ0n) is 12.5. The molecule has 2 aromatic rings. The SMILES string of the molecule is O=C(N[C@@H]1CCCc2[nH]c(=O)ccc21)c1ccc(C(F)(F)F)nc1. The number of aromatic nitrogens is 2. The molecule has 0 saturated heterocycles. The van der Waals surface area contributed by atoms with E-state index in [1.54, 1.807) is 6.07 Å². The number of carbonyl (C=O) groups excluding carboxylic acids is 1. The van der Waals surface area contributed by atoms with Crippen molar-refractivity contribution in [2.45, 2.75) is 31.5 Å². The monoisotopic (exact) mass is 337 g/mol. The first-order chi connectivity index (χ1) is 11.3. The largest absolute Gasteiger partial charge is 0.433 e. The third-order valence-electron chi connectivity index (χ3n) is 3.95. The molecule has 0 saturated carbocycles. The molecule has 0 fully saturated rings. The number of halogens is 3. The summed E-state index contributed by atoms with van der Waals surface area (Å²) in [5.74, 6) is -0.500. The Bertz CT molecular complexity index is 813. The number of alkyl halides is 3. The van der Waals surface area contributed by atoms with Crippen molar-refractivity contribution in [3.8, 4) is 0 Å². The van der Waals surface area contributed by atoms with Crippen molar-refractivity contribution in [2.75, 3.05) is 0 Å². The van der Waals surface area contributed by atoms with E-state index in [1.807, 2.05) is 0 Å². The predicted octanol–water partition coefficient (Wildman–Crippen LogP) is 2.60. The second kappa shape index (κ2) is 6.10. The third-order valence-corrected chi connectivity index (χ3v) is 3.95. The van der Waals surface area contributed by atoms with Crippen LogP contribution in [-0.4, -0.2) is 15.9 Å². The van der Waals surface area contributed by atoms with Crippen molar-refractivity contribution < 1.29 is 18.0 Å². The lowest BCUT2D eigenvalue weighted by molar-refractivity contribution is -0.141. The van der Waals surface area contributed by atoms with Crippen LogP contribution in [-0.2, 0) is 12.6 Å². The van der Waals surface area contributed by atoms with Gasteiger partial charge < -0.3 is 10.3 Å². The van der Waals surface area contributed by atoms with E-state index in [0.717, 1.165) is 42.4 Å². The Hall–Kier alpha value is -2.64. The van der Waals surface area contributed by atoms with Gasteiger partial charge in [0.1, 0.15) is 5.69 Å². The molecular weight excluding hydrogens is 323 g/mol. The van der Waals surface area contributed by atoms with Crippen molar-refractivity contribution in [2.24, 2.45) is 0 Å². The fourth-order valence-corrected chi connectivity index (χ4v) is 2.79. The summed E-state index contributed by atoms with van der Waals surface area (Å²) in [4.78, 5) is 29.6. The van der Waals surface area contributed by atoms with E-state index in [-0.39, 0.29) is 17.2 Å². The van der Waals surface area contributed by atoms with Crippen LogP contribution in [0.25, 0.3) is 0 Å². The Kier molecular flexibility index (Phi) is 4.13. The number of hydrogen-bond donors (Lipinski definition) is 2. The van der Waals surface area contributed by atoms with E-state index in [4.69, 9.17) is 0 Å². The molecule has 0 aliphatic heterocycles. The molecule has 1 atom stereocenters. The van der Waals surface area contributed by atoms with Gasteiger partial charge in [-0.1, -0.05) is 0 Å². The summed E-state index contributed by atoms with van der Waals surface area (Å²) >= 11 is 0. The van der Waals surface area contributed by atoms with E-state index in [1.165, 1.54) is 6.07 Å². The Morgan fingerprint density at radius 2 is 2.04 bits per heavy atom. The Labute approximate surface area is 134 Å². The highest BCUT2D eigenvalue weighted by atomic mass is 19.4. The second-order valence-electron chi connectivity index (χ2n) is 5.60. The highest BCUT2D eigenvalue weighted by molar-refractivity contribution is 5.94. The number of aryl methyl sites for hydroxylation is 1. The highest BCUT2D eigenvalue weighted by Crippen LogP contribution is 2.29. The first-order valence-electron chi connectivity index (χ1n) is 7.41. The van der Waals surface area contributed by atoms with E-state index < -0.39 is 17.8 Å². The summed E-state index contributed by atoms with van der Waals surface area (Å²) < 4.78 is 37.5. The van der Waals surface area contributed by atoms with Crippen molar-refractivity contribution >= 4 is 5.91 Å². The van der Waals surface area contributed by atoms with Gasteiger partial charge in [0.15, 0.2) is 0 Å². The van der Waals surface area contributed by atoms with Gasteiger partial charge in [-0.2, -0.15) is 13.2 Å². The molecule has 3 rings (SSSR count). The lowest BCUT2D eigenvalue weighted by atomic mass is 9.91. The van der Waals surface area contributed by atoms with Crippen molar-refractivity contribution in [3.05, 3.63) is 63.3 Å². The lowest BCUT2D eigenvalue weighted by Crippen LogP contribution is -2.32. The van der Waals surface area contributed by atoms with Crippen LogP contribution in [0.5, 0.6) is 0 Å². The Morgan fingerprint density at radius 1 is 1.25 bits per heavy atom. The number of carbonyl (C=O) groups is 1. The Morgan fingerprint density at radius 3 is 2.71 bits per heavy atom. The number of fused-ring (bicyclic) bond motifs is 1. The molecule has 0 aromatic carbocycles. The maximum absolute atomic E-state index is 12.5. The van der Waals surface area contributed by atoms with Crippen molar-refractivity contribution in [1.82, 2.24) is 15.3 Å². The van der Waals surface area contributed by atoms with Gasteiger partial charge in [-0.3, -0.25) is 14.6 Å². The van der Waals surface area contributed by atoms with E-state index >= 15 is 0 Å². The lowest BCUT2D eigenvalue weighted by Gasteiger charge is -2.25. The van der Waals surface area contributed by atoms with Crippen molar-refractivity contribution in [3.63, 3.8) is 0 Å². The molecule has 2 aromatic heterocycles. The number of aromatic amines is 1. The van der Waals surface area contributed by atoms with Crippen LogP contribution in [0.15, 0.2) is 35.3 Å². The maximum atomic E-state index is 12.5. The average molecular weight is 337 g/mol. The van der Waals surface area contributed by atoms with E-state index in [0.29, 0.717) is 6.42 Å². The summed E-state index contributed by atoms with van der Waals surface area (Å²) in [5.41, 5.74) is 0.422. The summed E-state index contributed by atoms with van der Waals surface area (Å²) in [6, 6.07) is 4.65. The molecule has 2 N–H and O–H groups in total. The van der Waals surface area contributed by atoms with E-state index in [9.17, 15) is 22.8 Å². The minimum absolute atomic E-state index is 0.0551. The number of H-pyrrole nitrogens is 1. The minimum Gasteiger partial charge on any atom is -0.345 e. The van der Waals surface area contributed by atoms with Crippen molar-refractivity contribution in [1.29, 1.82) is 0 Å².